The van der Waals surface area contributed by atoms with Gasteiger partial charge in [0, 0.05) is 18.8 Å². The van der Waals surface area contributed by atoms with Crippen molar-refractivity contribution in [2.75, 3.05) is 0 Å². The lowest BCUT2D eigenvalue weighted by Crippen LogP contribution is -1.86. The molecule has 5 heteroatoms. The van der Waals surface area contributed by atoms with Crippen molar-refractivity contribution in [2.24, 2.45) is 0 Å². The summed E-state index contributed by atoms with van der Waals surface area (Å²) < 4.78 is 4.70. The third-order valence-corrected chi connectivity index (χ3v) is 2.82. The van der Waals surface area contributed by atoms with Crippen LogP contribution in [0.1, 0.15) is 10.6 Å². The molecule has 0 N–H and O–H groups in total. The molecular weight excluding hydrogens is 250 g/mol. The second-order valence-corrected chi connectivity index (χ2v) is 4.04. The van der Waals surface area contributed by atoms with Crippen LogP contribution in [0.4, 0.5) is 0 Å². The lowest BCUT2D eigenvalue weighted by molar-refractivity contribution is 1.09. The van der Waals surface area contributed by atoms with Gasteiger partial charge in [-0.05, 0) is 39.1 Å². The molecule has 0 aliphatic rings. The molecule has 0 aliphatic carbocycles. The van der Waals surface area contributed by atoms with Crippen molar-refractivity contribution >= 4 is 27.5 Å². The van der Waals surface area contributed by atoms with Crippen LogP contribution in [0.5, 0.6) is 0 Å². The van der Waals surface area contributed by atoms with Crippen LogP contribution in [0.15, 0.2) is 29.3 Å². The Bertz CT molecular complexity index is 387. The Morgan fingerprint density at radius 1 is 1.46 bits per heavy atom. The van der Waals surface area contributed by atoms with Crippen molar-refractivity contribution in [1.29, 1.82) is 0 Å². The molecule has 0 unspecified atom stereocenters. The predicted octanol–water partition coefficient (Wildman–Crippen LogP) is 2.29. The van der Waals surface area contributed by atoms with E-state index in [4.69, 9.17) is 0 Å². The second-order valence-electron chi connectivity index (χ2n) is 2.50. The van der Waals surface area contributed by atoms with E-state index in [0.29, 0.717) is 4.73 Å². The van der Waals surface area contributed by atoms with Crippen LogP contribution >= 0.6 is 27.5 Å². The van der Waals surface area contributed by atoms with Gasteiger partial charge in [0.15, 0.2) is 0 Å². The Kier molecular flexibility index (Phi) is 2.65. The average Bonchev–Trinajstić information content (AvgIpc) is 2.53. The maximum Gasteiger partial charge on any atom is 0.209 e. The number of rotatable bonds is 2. The molecule has 0 radical (unpaired) electrons. The van der Waals surface area contributed by atoms with Crippen molar-refractivity contribution in [3.05, 3.63) is 39.8 Å². The lowest BCUT2D eigenvalue weighted by atomic mass is 10.2. The third-order valence-electron chi connectivity index (χ3n) is 1.52. The number of hydrogen-bond acceptors (Lipinski definition) is 4. The van der Waals surface area contributed by atoms with E-state index in [1.807, 2.05) is 18.3 Å². The summed E-state index contributed by atoms with van der Waals surface area (Å²) in [7, 11) is 0. The Hall–Kier alpha value is -0.810. The van der Waals surface area contributed by atoms with E-state index in [2.05, 4.69) is 30.3 Å². The van der Waals surface area contributed by atoms with Gasteiger partial charge in [-0.2, -0.15) is 4.37 Å². The largest absolute Gasteiger partial charge is 0.264 e. The van der Waals surface area contributed by atoms with E-state index in [-0.39, 0.29) is 0 Å². The zero-order valence-corrected chi connectivity index (χ0v) is 9.05. The minimum Gasteiger partial charge on any atom is -0.264 e. The summed E-state index contributed by atoms with van der Waals surface area (Å²) in [6, 6.07) is 3.95. The molecule has 0 saturated carbocycles. The topological polar surface area (TPSA) is 38.7 Å². The summed E-state index contributed by atoms with van der Waals surface area (Å²) in [4.78, 5) is 8.23. The molecule has 0 aliphatic heterocycles. The molecule has 0 aromatic carbocycles. The zero-order valence-electron chi connectivity index (χ0n) is 6.64. The van der Waals surface area contributed by atoms with Gasteiger partial charge in [0.25, 0.3) is 0 Å². The molecule has 13 heavy (non-hydrogen) atoms. The number of hydrogen-bond donors (Lipinski definition) is 0. The summed E-state index contributed by atoms with van der Waals surface area (Å²) in [6.45, 7) is 0. The van der Waals surface area contributed by atoms with Crippen molar-refractivity contribution < 1.29 is 0 Å². The highest BCUT2D eigenvalue weighted by Crippen LogP contribution is 2.13. The van der Waals surface area contributed by atoms with E-state index in [0.717, 1.165) is 17.0 Å². The minimum atomic E-state index is 0.663. The highest BCUT2D eigenvalue weighted by Gasteiger charge is 2.01. The van der Waals surface area contributed by atoms with Gasteiger partial charge in [0.2, 0.25) is 4.73 Å². The molecule has 0 bridgehead atoms. The van der Waals surface area contributed by atoms with Crippen LogP contribution in [0.2, 0.25) is 0 Å². The van der Waals surface area contributed by atoms with E-state index in [1.165, 1.54) is 11.5 Å². The standard InChI is InChI=1S/C8H6BrN3S/c9-8-11-7(13-12-8)4-6-2-1-3-10-5-6/h1-3,5H,4H2. The summed E-state index contributed by atoms with van der Waals surface area (Å²) >= 11 is 4.63. The number of aromatic nitrogens is 3. The molecule has 3 nitrogen and oxygen atoms in total. The molecule has 66 valence electrons. The van der Waals surface area contributed by atoms with Gasteiger partial charge in [-0.25, -0.2) is 4.98 Å². The lowest BCUT2D eigenvalue weighted by Gasteiger charge is -1.93. The second kappa shape index (κ2) is 3.93. The number of pyridine rings is 1. The van der Waals surface area contributed by atoms with Gasteiger partial charge in [-0.15, -0.1) is 0 Å². The fraction of sp³-hybridized carbons (Fsp3) is 0.125. The monoisotopic (exact) mass is 255 g/mol. The molecule has 2 rings (SSSR count). The Balaban J connectivity index is 2.15. The van der Waals surface area contributed by atoms with Gasteiger partial charge in [-0.1, -0.05) is 6.07 Å². The minimum absolute atomic E-state index is 0.663. The van der Waals surface area contributed by atoms with E-state index in [9.17, 15) is 0 Å². The predicted molar refractivity (Wildman–Crippen MR) is 54.7 cm³/mol. The van der Waals surface area contributed by atoms with Crippen LogP contribution in [-0.4, -0.2) is 14.3 Å². The van der Waals surface area contributed by atoms with E-state index < -0.39 is 0 Å². The molecule has 2 aromatic rings. The first kappa shape index (κ1) is 8.77. The molecule has 0 atom stereocenters. The highest BCUT2D eigenvalue weighted by atomic mass is 79.9. The highest BCUT2D eigenvalue weighted by molar-refractivity contribution is 9.10. The summed E-state index contributed by atoms with van der Waals surface area (Å²) in [6.07, 6.45) is 4.41. The fourth-order valence-electron chi connectivity index (χ4n) is 0.983. The molecule has 2 aromatic heterocycles. The van der Waals surface area contributed by atoms with Crippen LogP contribution in [0.3, 0.4) is 0 Å². The Morgan fingerprint density at radius 2 is 2.38 bits per heavy atom. The van der Waals surface area contributed by atoms with Crippen LogP contribution in [0, 0.1) is 0 Å². The molecule has 0 saturated heterocycles. The van der Waals surface area contributed by atoms with Crippen LogP contribution in [0.25, 0.3) is 0 Å². The van der Waals surface area contributed by atoms with Crippen molar-refractivity contribution in [2.45, 2.75) is 6.42 Å². The quantitative estimate of drug-likeness (QED) is 0.827. The van der Waals surface area contributed by atoms with E-state index in [1.54, 1.807) is 6.20 Å². The van der Waals surface area contributed by atoms with Gasteiger partial charge < -0.3 is 0 Å². The molecule has 2 heterocycles. The van der Waals surface area contributed by atoms with Gasteiger partial charge in [0.05, 0.1) is 0 Å². The molecule has 0 amide bonds. The average molecular weight is 256 g/mol. The Morgan fingerprint density at radius 3 is 3.00 bits per heavy atom. The van der Waals surface area contributed by atoms with Crippen molar-refractivity contribution in [3.8, 4) is 0 Å². The normalized spacial score (nSPS) is 10.2. The first-order chi connectivity index (χ1) is 6.34. The number of halogens is 1. The van der Waals surface area contributed by atoms with E-state index >= 15 is 0 Å². The SMILES string of the molecule is Brc1nsc(Cc2cccnc2)n1. The third kappa shape index (κ3) is 2.32. The van der Waals surface area contributed by atoms with Gasteiger partial charge >= 0.3 is 0 Å². The fourth-order valence-corrected chi connectivity index (χ4v) is 2.11. The van der Waals surface area contributed by atoms with Crippen LogP contribution in [-0.2, 0) is 6.42 Å². The van der Waals surface area contributed by atoms with Crippen molar-refractivity contribution in [1.82, 2.24) is 14.3 Å². The zero-order chi connectivity index (χ0) is 9.10. The summed E-state index contributed by atoms with van der Waals surface area (Å²) in [5, 5.41) is 1.000. The smallest absolute Gasteiger partial charge is 0.209 e. The van der Waals surface area contributed by atoms with Crippen molar-refractivity contribution in [3.63, 3.8) is 0 Å². The maximum atomic E-state index is 4.20. The first-order valence-corrected chi connectivity index (χ1v) is 5.28. The maximum absolute atomic E-state index is 4.20. The van der Waals surface area contributed by atoms with Gasteiger partial charge in [0.1, 0.15) is 5.01 Å². The molecule has 0 spiro atoms. The van der Waals surface area contributed by atoms with Gasteiger partial charge in [-0.3, -0.25) is 4.98 Å². The first-order valence-electron chi connectivity index (χ1n) is 3.71. The Labute approximate surface area is 88.2 Å². The molecular formula is C8H6BrN3S. The summed E-state index contributed by atoms with van der Waals surface area (Å²) in [5.74, 6) is 0. The molecule has 0 fully saturated rings. The number of nitrogens with zero attached hydrogens (tertiary/aromatic N) is 3. The van der Waals surface area contributed by atoms with Crippen LogP contribution < -0.4 is 0 Å². The summed E-state index contributed by atoms with van der Waals surface area (Å²) in [5.41, 5.74) is 1.16.